The fourth-order valence-corrected chi connectivity index (χ4v) is 2.21. The standard InChI is InChI=1S/C17H16N6O3/c1-26-14-8-6-13(7-9-14)19-15(24)10-23-21-17(20-22-23)12-4-2-11(3-5-12)16(18)25/h2-9H,10H2,1H3,(H2,18,25)(H,19,24). The molecule has 0 unspecified atom stereocenters. The smallest absolute Gasteiger partial charge is 0.248 e. The van der Waals surface area contributed by atoms with Gasteiger partial charge >= 0.3 is 0 Å². The number of nitrogens with zero attached hydrogens (tertiary/aromatic N) is 4. The number of tetrazole rings is 1. The van der Waals surface area contributed by atoms with Crippen molar-refractivity contribution in [2.45, 2.75) is 6.54 Å². The molecule has 0 saturated carbocycles. The number of benzene rings is 2. The molecule has 2 amide bonds. The summed E-state index contributed by atoms with van der Waals surface area (Å²) in [4.78, 5) is 24.4. The minimum Gasteiger partial charge on any atom is -0.497 e. The lowest BCUT2D eigenvalue weighted by molar-refractivity contribution is -0.117. The van der Waals surface area contributed by atoms with E-state index in [9.17, 15) is 9.59 Å². The van der Waals surface area contributed by atoms with E-state index in [0.29, 0.717) is 28.4 Å². The van der Waals surface area contributed by atoms with Gasteiger partial charge in [-0.15, -0.1) is 10.2 Å². The zero-order valence-corrected chi connectivity index (χ0v) is 13.9. The first-order valence-electron chi connectivity index (χ1n) is 7.67. The van der Waals surface area contributed by atoms with Gasteiger partial charge in [0.15, 0.2) is 0 Å². The Labute approximate surface area is 148 Å². The highest BCUT2D eigenvalue weighted by Gasteiger charge is 2.10. The molecule has 3 aromatic rings. The van der Waals surface area contributed by atoms with Gasteiger partial charge in [-0.1, -0.05) is 12.1 Å². The van der Waals surface area contributed by atoms with Crippen molar-refractivity contribution < 1.29 is 14.3 Å². The number of anilines is 1. The summed E-state index contributed by atoms with van der Waals surface area (Å²) in [5.41, 5.74) is 6.89. The predicted molar refractivity (Wildman–Crippen MR) is 93.4 cm³/mol. The zero-order chi connectivity index (χ0) is 18.5. The van der Waals surface area contributed by atoms with Crippen molar-refractivity contribution in [3.63, 3.8) is 0 Å². The van der Waals surface area contributed by atoms with Crippen LogP contribution < -0.4 is 15.8 Å². The van der Waals surface area contributed by atoms with Crippen LogP contribution in [0, 0.1) is 0 Å². The number of rotatable bonds is 6. The van der Waals surface area contributed by atoms with Gasteiger partial charge in [0.1, 0.15) is 12.3 Å². The molecule has 3 rings (SSSR count). The number of nitrogens with two attached hydrogens (primary N) is 1. The van der Waals surface area contributed by atoms with Gasteiger partial charge in [-0.05, 0) is 41.6 Å². The van der Waals surface area contributed by atoms with E-state index in [1.54, 1.807) is 55.6 Å². The minimum atomic E-state index is -0.511. The highest BCUT2D eigenvalue weighted by Crippen LogP contribution is 2.16. The average Bonchev–Trinajstić information content (AvgIpc) is 3.10. The van der Waals surface area contributed by atoms with Gasteiger partial charge in [-0.25, -0.2) is 0 Å². The van der Waals surface area contributed by atoms with Crippen molar-refractivity contribution in [3.8, 4) is 17.1 Å². The molecule has 0 saturated heterocycles. The van der Waals surface area contributed by atoms with Crippen molar-refractivity contribution in [2.75, 3.05) is 12.4 Å². The molecule has 9 nitrogen and oxygen atoms in total. The lowest BCUT2D eigenvalue weighted by atomic mass is 10.1. The zero-order valence-electron chi connectivity index (χ0n) is 13.9. The number of nitrogens with one attached hydrogen (secondary N) is 1. The van der Waals surface area contributed by atoms with Crippen LogP contribution in [0.15, 0.2) is 48.5 Å². The fraction of sp³-hybridized carbons (Fsp3) is 0.118. The number of hydrogen-bond donors (Lipinski definition) is 2. The highest BCUT2D eigenvalue weighted by atomic mass is 16.5. The lowest BCUT2D eigenvalue weighted by Gasteiger charge is -2.05. The molecule has 0 bridgehead atoms. The van der Waals surface area contributed by atoms with Crippen LogP contribution in [0.1, 0.15) is 10.4 Å². The molecule has 0 fully saturated rings. The van der Waals surface area contributed by atoms with Gasteiger partial charge in [0.25, 0.3) is 0 Å². The molecule has 0 atom stereocenters. The Hall–Kier alpha value is -3.75. The molecule has 1 aromatic heterocycles. The van der Waals surface area contributed by atoms with Crippen LogP contribution >= 0.6 is 0 Å². The van der Waals surface area contributed by atoms with Gasteiger partial charge in [0.05, 0.1) is 7.11 Å². The van der Waals surface area contributed by atoms with E-state index >= 15 is 0 Å². The number of primary amides is 1. The normalized spacial score (nSPS) is 10.3. The maximum absolute atomic E-state index is 12.1. The van der Waals surface area contributed by atoms with Crippen molar-refractivity contribution in [3.05, 3.63) is 54.1 Å². The van der Waals surface area contributed by atoms with E-state index in [1.807, 2.05) is 0 Å². The van der Waals surface area contributed by atoms with Crippen LogP contribution in [-0.4, -0.2) is 39.1 Å². The van der Waals surface area contributed by atoms with Crippen LogP contribution in [0.5, 0.6) is 5.75 Å². The van der Waals surface area contributed by atoms with Crippen LogP contribution in [0.2, 0.25) is 0 Å². The first-order valence-corrected chi connectivity index (χ1v) is 7.67. The molecule has 0 aliphatic heterocycles. The lowest BCUT2D eigenvalue weighted by Crippen LogP contribution is -2.20. The Morgan fingerprint density at radius 3 is 2.42 bits per heavy atom. The van der Waals surface area contributed by atoms with Gasteiger partial charge in [-0.3, -0.25) is 9.59 Å². The number of carbonyl (C=O) groups is 2. The van der Waals surface area contributed by atoms with Crippen molar-refractivity contribution in [1.82, 2.24) is 20.2 Å². The van der Waals surface area contributed by atoms with E-state index in [0.717, 1.165) is 0 Å². The molecule has 132 valence electrons. The molecule has 1 heterocycles. The second-order valence-corrected chi connectivity index (χ2v) is 5.36. The number of aromatic nitrogens is 4. The topological polar surface area (TPSA) is 125 Å². The summed E-state index contributed by atoms with van der Waals surface area (Å²) in [6.07, 6.45) is 0. The maximum Gasteiger partial charge on any atom is 0.248 e. The monoisotopic (exact) mass is 352 g/mol. The molecular formula is C17H16N6O3. The highest BCUT2D eigenvalue weighted by molar-refractivity contribution is 5.93. The number of ether oxygens (including phenoxy) is 1. The summed E-state index contributed by atoms with van der Waals surface area (Å²) in [5.74, 6) is 0.248. The summed E-state index contributed by atoms with van der Waals surface area (Å²) in [6.45, 7) is -0.0849. The Kier molecular flexibility index (Phi) is 4.88. The molecule has 0 aliphatic carbocycles. The Morgan fingerprint density at radius 1 is 1.12 bits per heavy atom. The largest absolute Gasteiger partial charge is 0.497 e. The maximum atomic E-state index is 12.1. The number of amides is 2. The summed E-state index contributed by atoms with van der Waals surface area (Å²) < 4.78 is 5.06. The Balaban J connectivity index is 1.63. The summed E-state index contributed by atoms with van der Waals surface area (Å²) >= 11 is 0. The fourth-order valence-electron chi connectivity index (χ4n) is 2.21. The van der Waals surface area contributed by atoms with E-state index < -0.39 is 5.91 Å². The number of methoxy groups -OCH3 is 1. The van der Waals surface area contributed by atoms with Gasteiger partial charge in [0.2, 0.25) is 17.6 Å². The third-order valence-electron chi connectivity index (χ3n) is 3.54. The number of carbonyl (C=O) groups excluding carboxylic acids is 2. The van der Waals surface area contributed by atoms with E-state index in [1.165, 1.54) is 4.80 Å². The molecule has 2 aromatic carbocycles. The van der Waals surface area contributed by atoms with Gasteiger partial charge < -0.3 is 15.8 Å². The van der Waals surface area contributed by atoms with Crippen molar-refractivity contribution in [2.24, 2.45) is 5.73 Å². The van der Waals surface area contributed by atoms with Crippen LogP contribution in [0.4, 0.5) is 5.69 Å². The third-order valence-corrected chi connectivity index (χ3v) is 3.54. The average molecular weight is 352 g/mol. The second-order valence-electron chi connectivity index (χ2n) is 5.36. The van der Waals surface area contributed by atoms with Crippen LogP contribution in [-0.2, 0) is 11.3 Å². The summed E-state index contributed by atoms with van der Waals surface area (Å²) in [5, 5.41) is 14.7. The Morgan fingerprint density at radius 2 is 1.81 bits per heavy atom. The van der Waals surface area contributed by atoms with Crippen LogP contribution in [0.25, 0.3) is 11.4 Å². The first kappa shape index (κ1) is 17.1. The Bertz CT molecular complexity index is 918. The third kappa shape index (κ3) is 4.01. The second kappa shape index (κ2) is 7.43. The summed E-state index contributed by atoms with van der Waals surface area (Å²) in [7, 11) is 1.57. The molecular weight excluding hydrogens is 336 g/mol. The van der Waals surface area contributed by atoms with E-state index in [-0.39, 0.29) is 12.5 Å². The first-order chi connectivity index (χ1) is 12.5. The van der Waals surface area contributed by atoms with E-state index in [4.69, 9.17) is 10.5 Å². The SMILES string of the molecule is COc1ccc(NC(=O)Cn2nnc(-c3ccc(C(N)=O)cc3)n2)cc1. The predicted octanol–water partition coefficient (Wildman–Crippen LogP) is 1.09. The quantitative estimate of drug-likeness (QED) is 0.684. The molecule has 0 aliphatic rings. The molecule has 9 heteroatoms. The van der Waals surface area contributed by atoms with Gasteiger partial charge in [-0.2, -0.15) is 4.80 Å². The molecule has 3 N–H and O–H groups in total. The van der Waals surface area contributed by atoms with Crippen LogP contribution in [0.3, 0.4) is 0 Å². The van der Waals surface area contributed by atoms with Crippen molar-refractivity contribution in [1.29, 1.82) is 0 Å². The van der Waals surface area contributed by atoms with Gasteiger partial charge in [0, 0.05) is 16.8 Å². The molecule has 0 radical (unpaired) electrons. The van der Waals surface area contributed by atoms with E-state index in [2.05, 4.69) is 20.7 Å². The van der Waals surface area contributed by atoms with Crippen molar-refractivity contribution >= 4 is 17.5 Å². The minimum absolute atomic E-state index is 0.0849. The molecule has 26 heavy (non-hydrogen) atoms. The summed E-state index contributed by atoms with van der Waals surface area (Å²) in [6, 6.07) is 13.4. The number of hydrogen-bond acceptors (Lipinski definition) is 6. The molecule has 0 spiro atoms.